The zero-order valence-electron chi connectivity index (χ0n) is 10.6. The Bertz CT molecular complexity index is 303. The summed E-state index contributed by atoms with van der Waals surface area (Å²) in [7, 11) is -2.83. The molecule has 0 aromatic carbocycles. The van der Waals surface area contributed by atoms with Crippen LogP contribution in [0.4, 0.5) is 0 Å². The average Bonchev–Trinajstić information content (AvgIpc) is 2.15. The van der Waals surface area contributed by atoms with E-state index in [4.69, 9.17) is 0 Å². The van der Waals surface area contributed by atoms with Crippen LogP contribution in [0, 0.1) is 0 Å². The van der Waals surface area contributed by atoms with Crippen molar-refractivity contribution >= 4 is 9.84 Å². The Hall–Kier alpha value is -0.130. The van der Waals surface area contributed by atoms with E-state index in [1.807, 2.05) is 0 Å². The highest BCUT2D eigenvalue weighted by Crippen LogP contribution is 2.16. The van der Waals surface area contributed by atoms with Gasteiger partial charge in [0.25, 0.3) is 0 Å². The maximum absolute atomic E-state index is 11.1. The highest BCUT2D eigenvalue weighted by molar-refractivity contribution is 7.90. The number of rotatable bonds is 5. The van der Waals surface area contributed by atoms with Crippen LogP contribution in [0.5, 0.6) is 0 Å². The monoisotopic (exact) mass is 248 g/mol. The Morgan fingerprint density at radius 3 is 2.62 bits per heavy atom. The van der Waals surface area contributed by atoms with Crippen LogP contribution in [-0.2, 0) is 9.84 Å². The molecule has 4 nitrogen and oxygen atoms in total. The van der Waals surface area contributed by atoms with E-state index in [0.717, 1.165) is 25.9 Å². The molecule has 5 heteroatoms. The van der Waals surface area contributed by atoms with Gasteiger partial charge in [0, 0.05) is 24.9 Å². The van der Waals surface area contributed by atoms with Gasteiger partial charge in [-0.15, -0.1) is 0 Å². The third-order valence-electron chi connectivity index (χ3n) is 3.26. The molecular formula is C11H24N2O2S. The second-order valence-electron chi connectivity index (χ2n) is 4.79. The van der Waals surface area contributed by atoms with Crippen molar-refractivity contribution in [1.29, 1.82) is 0 Å². The molecule has 1 aliphatic heterocycles. The zero-order chi connectivity index (χ0) is 12.2. The first kappa shape index (κ1) is 13.9. The van der Waals surface area contributed by atoms with Gasteiger partial charge in [-0.05, 0) is 32.9 Å². The van der Waals surface area contributed by atoms with Crippen LogP contribution in [0.25, 0.3) is 0 Å². The first-order valence-electron chi connectivity index (χ1n) is 6.07. The standard InChI is InChI=1S/C11H24N2O2S/c1-4-12-11-5-6-13(10(2)9-11)7-8-16(3,14)15/h10-12H,4-9H2,1-3H3. The van der Waals surface area contributed by atoms with Gasteiger partial charge < -0.3 is 5.32 Å². The van der Waals surface area contributed by atoms with Crippen LogP contribution in [0.15, 0.2) is 0 Å². The zero-order valence-corrected chi connectivity index (χ0v) is 11.4. The van der Waals surface area contributed by atoms with Gasteiger partial charge in [0.05, 0.1) is 5.75 Å². The van der Waals surface area contributed by atoms with E-state index >= 15 is 0 Å². The summed E-state index contributed by atoms with van der Waals surface area (Å²) in [4.78, 5) is 2.29. The second kappa shape index (κ2) is 5.98. The molecule has 0 aromatic heterocycles. The molecule has 2 atom stereocenters. The Morgan fingerprint density at radius 1 is 1.44 bits per heavy atom. The molecule has 1 saturated heterocycles. The van der Waals surface area contributed by atoms with E-state index in [0.29, 0.717) is 18.6 Å². The van der Waals surface area contributed by atoms with Gasteiger partial charge in [0.2, 0.25) is 0 Å². The van der Waals surface area contributed by atoms with Crippen molar-refractivity contribution in [3.05, 3.63) is 0 Å². The first-order chi connectivity index (χ1) is 7.42. The molecule has 0 spiro atoms. The number of sulfone groups is 1. The fourth-order valence-corrected chi connectivity index (χ4v) is 2.88. The highest BCUT2D eigenvalue weighted by atomic mass is 32.2. The fraction of sp³-hybridized carbons (Fsp3) is 1.00. The predicted octanol–water partition coefficient (Wildman–Crippen LogP) is 0.493. The minimum absolute atomic E-state index is 0.281. The Morgan fingerprint density at radius 2 is 2.12 bits per heavy atom. The molecule has 0 bridgehead atoms. The van der Waals surface area contributed by atoms with Crippen LogP contribution in [-0.4, -0.2) is 57.0 Å². The molecule has 96 valence electrons. The van der Waals surface area contributed by atoms with E-state index in [-0.39, 0.29) is 5.75 Å². The molecule has 1 heterocycles. The van der Waals surface area contributed by atoms with Gasteiger partial charge in [0.15, 0.2) is 0 Å². The fourth-order valence-electron chi connectivity index (χ4n) is 2.31. The summed E-state index contributed by atoms with van der Waals surface area (Å²) in [6.07, 6.45) is 3.56. The van der Waals surface area contributed by atoms with Gasteiger partial charge in [-0.2, -0.15) is 0 Å². The quantitative estimate of drug-likeness (QED) is 0.769. The summed E-state index contributed by atoms with van der Waals surface area (Å²) in [6.45, 7) is 7.01. The molecule has 1 fully saturated rings. The van der Waals surface area contributed by atoms with E-state index in [2.05, 4.69) is 24.1 Å². The SMILES string of the molecule is CCNC1CCN(CCS(C)(=O)=O)C(C)C1. The molecule has 0 aliphatic carbocycles. The van der Waals surface area contributed by atoms with Gasteiger partial charge in [-0.25, -0.2) is 8.42 Å². The van der Waals surface area contributed by atoms with Crippen LogP contribution in [0.2, 0.25) is 0 Å². The van der Waals surface area contributed by atoms with E-state index in [1.165, 1.54) is 6.26 Å². The summed E-state index contributed by atoms with van der Waals surface area (Å²) in [5.41, 5.74) is 0. The van der Waals surface area contributed by atoms with Crippen molar-refractivity contribution in [2.24, 2.45) is 0 Å². The van der Waals surface area contributed by atoms with Gasteiger partial charge in [-0.3, -0.25) is 4.90 Å². The summed E-state index contributed by atoms with van der Waals surface area (Å²) in [5, 5.41) is 3.46. The molecule has 1 N–H and O–H groups in total. The third-order valence-corrected chi connectivity index (χ3v) is 4.18. The summed E-state index contributed by atoms with van der Waals surface area (Å²) < 4.78 is 22.2. The third kappa shape index (κ3) is 4.80. The topological polar surface area (TPSA) is 49.4 Å². The lowest BCUT2D eigenvalue weighted by Crippen LogP contribution is -2.48. The molecule has 16 heavy (non-hydrogen) atoms. The number of piperidine rings is 1. The Kier molecular flexibility index (Phi) is 5.21. The first-order valence-corrected chi connectivity index (χ1v) is 8.13. The number of hydrogen-bond acceptors (Lipinski definition) is 4. The number of hydrogen-bond donors (Lipinski definition) is 1. The summed E-state index contributed by atoms with van der Waals surface area (Å²) in [5.74, 6) is 0.281. The lowest BCUT2D eigenvalue weighted by molar-refractivity contribution is 0.145. The van der Waals surface area contributed by atoms with Crippen molar-refractivity contribution in [3.63, 3.8) is 0 Å². The van der Waals surface area contributed by atoms with Gasteiger partial charge >= 0.3 is 0 Å². The minimum Gasteiger partial charge on any atom is -0.314 e. The maximum Gasteiger partial charge on any atom is 0.148 e. The molecule has 0 amide bonds. The smallest absolute Gasteiger partial charge is 0.148 e. The van der Waals surface area contributed by atoms with E-state index < -0.39 is 9.84 Å². The largest absolute Gasteiger partial charge is 0.314 e. The van der Waals surface area contributed by atoms with Crippen LogP contribution >= 0.6 is 0 Å². The maximum atomic E-state index is 11.1. The lowest BCUT2D eigenvalue weighted by Gasteiger charge is -2.37. The van der Waals surface area contributed by atoms with Crippen LogP contribution in [0.3, 0.4) is 0 Å². The molecule has 0 aromatic rings. The van der Waals surface area contributed by atoms with E-state index in [1.54, 1.807) is 0 Å². The van der Waals surface area contributed by atoms with Crippen molar-refractivity contribution in [1.82, 2.24) is 10.2 Å². The number of likely N-dealkylation sites (tertiary alicyclic amines) is 1. The highest BCUT2D eigenvalue weighted by Gasteiger charge is 2.24. The molecular weight excluding hydrogens is 224 g/mol. The molecule has 0 saturated carbocycles. The van der Waals surface area contributed by atoms with Crippen molar-refractivity contribution in [2.45, 2.75) is 38.8 Å². The predicted molar refractivity (Wildman–Crippen MR) is 67.4 cm³/mol. The summed E-state index contributed by atoms with van der Waals surface area (Å²) >= 11 is 0. The Balaban J connectivity index is 2.36. The van der Waals surface area contributed by atoms with Crippen molar-refractivity contribution in [3.8, 4) is 0 Å². The normalized spacial score (nSPS) is 28.2. The van der Waals surface area contributed by atoms with Crippen molar-refractivity contribution in [2.75, 3.05) is 31.6 Å². The Labute approximate surface area is 99.3 Å². The number of nitrogens with zero attached hydrogens (tertiary/aromatic N) is 1. The van der Waals surface area contributed by atoms with Crippen LogP contribution in [0.1, 0.15) is 26.7 Å². The molecule has 1 rings (SSSR count). The van der Waals surface area contributed by atoms with Gasteiger partial charge in [0.1, 0.15) is 9.84 Å². The summed E-state index contributed by atoms with van der Waals surface area (Å²) in [6, 6.07) is 1.09. The molecule has 0 radical (unpaired) electrons. The lowest BCUT2D eigenvalue weighted by atomic mass is 9.98. The number of nitrogens with one attached hydrogen (secondary N) is 1. The average molecular weight is 248 g/mol. The second-order valence-corrected chi connectivity index (χ2v) is 7.05. The van der Waals surface area contributed by atoms with Crippen molar-refractivity contribution < 1.29 is 8.42 Å². The molecule has 2 unspecified atom stereocenters. The van der Waals surface area contributed by atoms with E-state index in [9.17, 15) is 8.42 Å². The van der Waals surface area contributed by atoms with Crippen LogP contribution < -0.4 is 5.32 Å². The van der Waals surface area contributed by atoms with Gasteiger partial charge in [-0.1, -0.05) is 6.92 Å². The molecule has 1 aliphatic rings. The minimum atomic E-state index is -2.83.